The van der Waals surface area contributed by atoms with E-state index in [2.05, 4.69) is 43.4 Å². The van der Waals surface area contributed by atoms with Crippen LogP contribution in [0.15, 0.2) is 24.3 Å². The fourth-order valence-corrected chi connectivity index (χ4v) is 3.12. The molecular weight excluding hydrogens is 258 g/mol. The van der Waals surface area contributed by atoms with Gasteiger partial charge in [-0.2, -0.15) is 0 Å². The monoisotopic (exact) mass is 289 g/mol. The summed E-state index contributed by atoms with van der Waals surface area (Å²) in [6.45, 7) is 5.49. The average molecular weight is 289 g/mol. The van der Waals surface area contributed by atoms with Gasteiger partial charge in [0, 0.05) is 13.2 Å². The summed E-state index contributed by atoms with van der Waals surface area (Å²) >= 11 is 0. The van der Waals surface area contributed by atoms with Crippen LogP contribution in [0.3, 0.4) is 0 Å². The topological polar surface area (TPSA) is 21.3 Å². The van der Waals surface area contributed by atoms with Gasteiger partial charge in [-0.1, -0.05) is 37.6 Å². The number of methoxy groups -OCH3 is 1. The van der Waals surface area contributed by atoms with Crippen LogP contribution in [0.2, 0.25) is 0 Å². The van der Waals surface area contributed by atoms with Gasteiger partial charge in [-0.15, -0.1) is 0 Å². The predicted octanol–water partition coefficient (Wildman–Crippen LogP) is 4.81. The van der Waals surface area contributed by atoms with E-state index in [1.807, 2.05) is 0 Å². The maximum atomic E-state index is 5.42. The van der Waals surface area contributed by atoms with Crippen LogP contribution in [-0.2, 0) is 4.74 Å². The minimum absolute atomic E-state index is 0.340. The number of rotatable bonds is 9. The van der Waals surface area contributed by atoms with Gasteiger partial charge in [-0.25, -0.2) is 0 Å². The molecule has 1 aliphatic rings. The van der Waals surface area contributed by atoms with E-state index in [-0.39, 0.29) is 0 Å². The molecular formula is C19H31NO. The van der Waals surface area contributed by atoms with Crippen molar-refractivity contribution in [3.63, 3.8) is 0 Å². The SMILES string of the molecule is CCCNC(CCC(C)OC)c1ccccc1C1CCC1. The van der Waals surface area contributed by atoms with E-state index in [1.54, 1.807) is 12.7 Å². The Morgan fingerprint density at radius 2 is 2.00 bits per heavy atom. The lowest BCUT2D eigenvalue weighted by Crippen LogP contribution is -2.25. The lowest BCUT2D eigenvalue weighted by Gasteiger charge is -2.31. The van der Waals surface area contributed by atoms with Crippen LogP contribution in [0.4, 0.5) is 0 Å². The molecule has 21 heavy (non-hydrogen) atoms. The van der Waals surface area contributed by atoms with Gasteiger partial charge in [-0.3, -0.25) is 0 Å². The summed E-state index contributed by atoms with van der Waals surface area (Å²) in [7, 11) is 1.81. The van der Waals surface area contributed by atoms with Crippen LogP contribution in [0.25, 0.3) is 0 Å². The fourth-order valence-electron chi connectivity index (χ4n) is 3.12. The van der Waals surface area contributed by atoms with Crippen LogP contribution in [0, 0.1) is 0 Å². The molecule has 0 bridgehead atoms. The number of hydrogen-bond donors (Lipinski definition) is 1. The maximum absolute atomic E-state index is 5.42. The summed E-state index contributed by atoms with van der Waals surface area (Å²) in [4.78, 5) is 0. The summed E-state index contributed by atoms with van der Waals surface area (Å²) in [5, 5.41) is 3.75. The first kappa shape index (κ1) is 16.5. The van der Waals surface area contributed by atoms with Crippen molar-refractivity contribution in [1.82, 2.24) is 5.32 Å². The molecule has 1 aliphatic carbocycles. The van der Waals surface area contributed by atoms with Gasteiger partial charge in [0.15, 0.2) is 0 Å². The molecule has 1 N–H and O–H groups in total. The van der Waals surface area contributed by atoms with Crippen molar-refractivity contribution in [2.75, 3.05) is 13.7 Å². The lowest BCUT2D eigenvalue weighted by molar-refractivity contribution is 0.106. The van der Waals surface area contributed by atoms with Crippen molar-refractivity contribution in [2.24, 2.45) is 0 Å². The summed E-state index contributed by atoms with van der Waals surface area (Å²) in [6, 6.07) is 9.54. The maximum Gasteiger partial charge on any atom is 0.0543 e. The molecule has 0 radical (unpaired) electrons. The first-order chi connectivity index (χ1) is 10.3. The zero-order valence-electron chi connectivity index (χ0n) is 13.9. The molecule has 118 valence electrons. The van der Waals surface area contributed by atoms with Gasteiger partial charge >= 0.3 is 0 Å². The minimum atomic E-state index is 0.340. The number of ether oxygens (including phenoxy) is 1. The molecule has 2 rings (SSSR count). The third kappa shape index (κ3) is 4.55. The van der Waals surface area contributed by atoms with Crippen LogP contribution in [0.1, 0.15) is 75.5 Å². The zero-order chi connectivity index (χ0) is 15.1. The molecule has 0 amide bonds. The second-order valence-electron chi connectivity index (χ2n) is 6.39. The van der Waals surface area contributed by atoms with Gasteiger partial charge in [-0.05, 0) is 62.6 Å². The lowest BCUT2D eigenvalue weighted by atomic mass is 9.76. The molecule has 0 saturated heterocycles. The Morgan fingerprint density at radius 3 is 2.62 bits per heavy atom. The summed E-state index contributed by atoms with van der Waals surface area (Å²) < 4.78 is 5.42. The van der Waals surface area contributed by atoms with Crippen molar-refractivity contribution in [1.29, 1.82) is 0 Å². The number of nitrogens with one attached hydrogen (secondary N) is 1. The number of hydrogen-bond acceptors (Lipinski definition) is 2. The first-order valence-electron chi connectivity index (χ1n) is 8.61. The summed E-state index contributed by atoms with van der Waals surface area (Å²) in [6.07, 6.45) is 7.91. The molecule has 0 aromatic heterocycles. The Labute approximate surface area is 130 Å². The second kappa shape index (κ2) is 8.55. The molecule has 0 spiro atoms. The molecule has 1 fully saturated rings. The first-order valence-corrected chi connectivity index (χ1v) is 8.61. The van der Waals surface area contributed by atoms with E-state index >= 15 is 0 Å². The highest BCUT2D eigenvalue weighted by atomic mass is 16.5. The Hall–Kier alpha value is -0.860. The van der Waals surface area contributed by atoms with Crippen LogP contribution in [0.5, 0.6) is 0 Å². The van der Waals surface area contributed by atoms with Gasteiger partial charge in [0.1, 0.15) is 0 Å². The van der Waals surface area contributed by atoms with E-state index in [4.69, 9.17) is 4.74 Å². The Morgan fingerprint density at radius 1 is 1.24 bits per heavy atom. The summed E-state index contributed by atoms with van der Waals surface area (Å²) in [5.74, 6) is 0.798. The Kier molecular flexibility index (Phi) is 6.72. The molecule has 2 nitrogen and oxygen atoms in total. The molecule has 1 aromatic carbocycles. The van der Waals surface area contributed by atoms with Gasteiger partial charge < -0.3 is 10.1 Å². The number of benzene rings is 1. The molecule has 0 aliphatic heterocycles. The highest BCUT2D eigenvalue weighted by Gasteiger charge is 2.24. The zero-order valence-corrected chi connectivity index (χ0v) is 13.9. The normalized spacial score (nSPS) is 18.2. The van der Waals surface area contributed by atoms with Crippen molar-refractivity contribution in [3.05, 3.63) is 35.4 Å². The van der Waals surface area contributed by atoms with Gasteiger partial charge in [0.2, 0.25) is 0 Å². The third-order valence-corrected chi connectivity index (χ3v) is 4.82. The Balaban J connectivity index is 2.10. The van der Waals surface area contributed by atoms with Crippen molar-refractivity contribution >= 4 is 0 Å². The molecule has 2 heteroatoms. The average Bonchev–Trinajstić information content (AvgIpc) is 2.46. The quantitative estimate of drug-likeness (QED) is 0.704. The molecule has 1 aromatic rings. The molecule has 0 heterocycles. The third-order valence-electron chi connectivity index (χ3n) is 4.82. The highest BCUT2D eigenvalue weighted by Crippen LogP contribution is 2.40. The second-order valence-corrected chi connectivity index (χ2v) is 6.39. The van der Waals surface area contributed by atoms with Crippen LogP contribution in [-0.4, -0.2) is 19.8 Å². The highest BCUT2D eigenvalue weighted by molar-refractivity contribution is 5.34. The molecule has 2 atom stereocenters. The molecule has 2 unspecified atom stereocenters. The van der Waals surface area contributed by atoms with E-state index in [1.165, 1.54) is 31.2 Å². The minimum Gasteiger partial charge on any atom is -0.382 e. The van der Waals surface area contributed by atoms with E-state index in [0.29, 0.717) is 12.1 Å². The predicted molar refractivity (Wildman–Crippen MR) is 89.8 cm³/mol. The van der Waals surface area contributed by atoms with Gasteiger partial charge in [0.25, 0.3) is 0 Å². The van der Waals surface area contributed by atoms with Crippen LogP contribution >= 0.6 is 0 Å². The largest absolute Gasteiger partial charge is 0.382 e. The standard InChI is InChI=1S/C19H31NO/c1-4-14-20-19(13-12-15(2)21-3)18-11-6-5-10-17(18)16-8-7-9-16/h5-6,10-11,15-16,19-20H,4,7-9,12-14H2,1-3H3. The fraction of sp³-hybridized carbons (Fsp3) is 0.684. The van der Waals surface area contributed by atoms with Gasteiger partial charge in [0.05, 0.1) is 6.10 Å². The smallest absolute Gasteiger partial charge is 0.0543 e. The van der Waals surface area contributed by atoms with Crippen molar-refractivity contribution in [3.8, 4) is 0 Å². The van der Waals surface area contributed by atoms with E-state index in [9.17, 15) is 0 Å². The van der Waals surface area contributed by atoms with E-state index in [0.717, 1.165) is 25.3 Å². The Bertz CT molecular complexity index is 414. The molecule has 1 saturated carbocycles. The van der Waals surface area contributed by atoms with E-state index < -0.39 is 0 Å². The van der Waals surface area contributed by atoms with Crippen molar-refractivity contribution in [2.45, 2.75) is 70.4 Å². The van der Waals surface area contributed by atoms with Crippen LogP contribution < -0.4 is 5.32 Å². The summed E-state index contributed by atoms with van der Waals surface area (Å²) in [5.41, 5.74) is 3.11. The van der Waals surface area contributed by atoms with Crippen molar-refractivity contribution < 1.29 is 4.74 Å².